The molecule has 2 saturated heterocycles. The Bertz CT molecular complexity index is 1180. The number of rotatable bonds is 7. The van der Waals surface area contributed by atoms with Crippen molar-refractivity contribution in [3.8, 4) is 0 Å². The number of benzene rings is 1. The van der Waals surface area contributed by atoms with Gasteiger partial charge in [0.25, 0.3) is 5.91 Å². The molecule has 0 aliphatic carbocycles. The van der Waals surface area contributed by atoms with Crippen molar-refractivity contribution >= 4 is 29.2 Å². The number of ether oxygens (including phenoxy) is 2. The van der Waals surface area contributed by atoms with E-state index in [1.165, 1.54) is 4.90 Å². The highest BCUT2D eigenvalue weighted by Gasteiger charge is 2.74. The predicted molar refractivity (Wildman–Crippen MR) is 152 cm³/mol. The molecule has 4 aliphatic rings. The van der Waals surface area contributed by atoms with E-state index >= 15 is 0 Å². The number of nitrogens with zero attached hydrogens (tertiary/aromatic N) is 3. The van der Waals surface area contributed by atoms with Crippen LogP contribution < -0.4 is 9.80 Å². The zero-order valence-electron chi connectivity index (χ0n) is 23.8. The molecule has 0 saturated carbocycles. The van der Waals surface area contributed by atoms with Gasteiger partial charge in [-0.2, -0.15) is 0 Å². The molecule has 4 heterocycles. The van der Waals surface area contributed by atoms with Crippen LogP contribution in [0, 0.1) is 11.8 Å². The Morgan fingerprint density at radius 2 is 1.75 bits per heavy atom. The quantitative estimate of drug-likeness (QED) is 0.411. The maximum Gasteiger partial charge on any atom is 0.313 e. The van der Waals surface area contributed by atoms with E-state index < -0.39 is 35.0 Å². The van der Waals surface area contributed by atoms with Gasteiger partial charge in [-0.05, 0) is 70.7 Å². The fourth-order valence-corrected chi connectivity index (χ4v) is 6.94. The highest BCUT2D eigenvalue weighted by molar-refractivity contribution is 6.05. The number of carbonyl (C=O) groups is 3. The lowest BCUT2D eigenvalue weighted by Gasteiger charge is -2.37. The van der Waals surface area contributed by atoms with Gasteiger partial charge in [-0.25, -0.2) is 0 Å². The molecule has 1 spiro atoms. The van der Waals surface area contributed by atoms with Gasteiger partial charge in [-0.15, -0.1) is 0 Å². The average Bonchev–Trinajstić information content (AvgIpc) is 3.27. The van der Waals surface area contributed by atoms with Crippen LogP contribution in [0.3, 0.4) is 0 Å². The minimum absolute atomic E-state index is 0.124. The van der Waals surface area contributed by atoms with Gasteiger partial charge in [0.1, 0.15) is 17.6 Å². The second-order valence-electron chi connectivity index (χ2n) is 11.2. The molecular formula is C31H41N3O6. The standard InChI is InChI=1S/C31H41N3O6/c1-4-32(5-2)22-12-14-23(15-13-22)33-18-10-17-31-24(27(36)34(19-11-20-35)26(31)28(33)37)25-29(38)39-21-9-7-6-8-16-30(25,3)40-31/h8,10,12-17,24-26,35H,4-7,9,11,18-21H2,1-3H3/b16-8-/t24-,25-,26?,30+,31-/m0/s1. The number of aliphatic hydroxyl groups excluding tert-OH is 1. The van der Waals surface area contributed by atoms with Gasteiger partial charge < -0.3 is 29.3 Å². The Morgan fingerprint density at radius 3 is 2.45 bits per heavy atom. The number of likely N-dealkylation sites (tertiary alicyclic amines) is 1. The zero-order valence-corrected chi connectivity index (χ0v) is 23.8. The topological polar surface area (TPSA) is 99.6 Å². The SMILES string of the molecule is CCN(CC)c1ccc(N2CC=C[C@]34O[C@]5(C)/C=C\CCCCOC(=O)[C@@H]5[C@H]3C(=O)N(CCCO)C4C2=O)cc1. The monoisotopic (exact) mass is 551 g/mol. The van der Waals surface area contributed by atoms with E-state index in [1.54, 1.807) is 4.90 Å². The minimum atomic E-state index is -1.34. The van der Waals surface area contributed by atoms with E-state index in [-0.39, 0.29) is 31.6 Å². The lowest BCUT2D eigenvalue weighted by Crippen LogP contribution is -2.56. The second kappa shape index (κ2) is 11.4. The van der Waals surface area contributed by atoms with Gasteiger partial charge in [-0.1, -0.05) is 24.3 Å². The maximum atomic E-state index is 14.5. The van der Waals surface area contributed by atoms with Gasteiger partial charge in [0.15, 0.2) is 0 Å². The van der Waals surface area contributed by atoms with Crippen molar-refractivity contribution in [3.05, 3.63) is 48.6 Å². The molecule has 216 valence electrons. The number of esters is 1. The molecule has 2 fully saturated rings. The molecule has 9 nitrogen and oxygen atoms in total. The van der Waals surface area contributed by atoms with Crippen molar-refractivity contribution < 1.29 is 29.0 Å². The maximum absolute atomic E-state index is 14.5. The molecule has 1 N–H and O–H groups in total. The first kappa shape index (κ1) is 28.4. The van der Waals surface area contributed by atoms with Crippen LogP contribution in [-0.2, 0) is 23.9 Å². The summed E-state index contributed by atoms with van der Waals surface area (Å²) in [4.78, 5) is 47.6. The van der Waals surface area contributed by atoms with Gasteiger partial charge in [-0.3, -0.25) is 14.4 Å². The number of cyclic esters (lactones) is 1. The molecule has 1 unspecified atom stereocenters. The van der Waals surface area contributed by atoms with Gasteiger partial charge >= 0.3 is 5.97 Å². The van der Waals surface area contributed by atoms with Crippen LogP contribution in [-0.4, -0.2) is 84.4 Å². The highest BCUT2D eigenvalue weighted by Crippen LogP contribution is 2.57. The molecule has 5 rings (SSSR count). The number of allylic oxidation sites excluding steroid dienone is 1. The van der Waals surface area contributed by atoms with Crippen LogP contribution in [0.1, 0.15) is 46.5 Å². The van der Waals surface area contributed by atoms with Crippen LogP contribution in [0.4, 0.5) is 11.4 Å². The lowest BCUT2D eigenvalue weighted by molar-refractivity contribution is -0.158. The summed E-state index contributed by atoms with van der Waals surface area (Å²) in [5, 5.41) is 9.60. The fourth-order valence-electron chi connectivity index (χ4n) is 6.94. The number of amides is 2. The smallest absolute Gasteiger partial charge is 0.313 e. The zero-order chi connectivity index (χ0) is 28.5. The molecule has 9 heteroatoms. The summed E-state index contributed by atoms with van der Waals surface area (Å²) in [6.07, 6.45) is 10.4. The number of hydrogen-bond donors (Lipinski definition) is 1. The molecule has 5 atom stereocenters. The molecule has 4 aliphatic heterocycles. The molecular weight excluding hydrogens is 510 g/mol. The molecule has 40 heavy (non-hydrogen) atoms. The fraction of sp³-hybridized carbons (Fsp3) is 0.581. The van der Waals surface area contributed by atoms with E-state index in [9.17, 15) is 19.5 Å². The van der Waals surface area contributed by atoms with Crippen molar-refractivity contribution in [1.29, 1.82) is 0 Å². The van der Waals surface area contributed by atoms with Crippen molar-refractivity contribution in [2.75, 3.05) is 49.2 Å². The number of aliphatic hydroxyl groups is 1. The molecule has 2 amide bonds. The van der Waals surface area contributed by atoms with Crippen LogP contribution in [0.5, 0.6) is 0 Å². The summed E-state index contributed by atoms with van der Waals surface area (Å²) in [7, 11) is 0. The third-order valence-corrected chi connectivity index (χ3v) is 8.85. The van der Waals surface area contributed by atoms with Crippen molar-refractivity contribution in [2.24, 2.45) is 11.8 Å². The third-order valence-electron chi connectivity index (χ3n) is 8.85. The van der Waals surface area contributed by atoms with E-state index in [2.05, 4.69) is 18.7 Å². The van der Waals surface area contributed by atoms with Crippen LogP contribution in [0.15, 0.2) is 48.6 Å². The van der Waals surface area contributed by atoms with Gasteiger partial charge in [0.05, 0.1) is 18.1 Å². The van der Waals surface area contributed by atoms with E-state index in [0.717, 1.165) is 43.7 Å². The Labute approximate surface area is 236 Å². The summed E-state index contributed by atoms with van der Waals surface area (Å²) in [5.74, 6) is -2.86. The summed E-state index contributed by atoms with van der Waals surface area (Å²) < 4.78 is 12.5. The predicted octanol–water partition coefficient (Wildman–Crippen LogP) is 3.07. The molecule has 0 bridgehead atoms. The van der Waals surface area contributed by atoms with Crippen molar-refractivity contribution in [1.82, 2.24) is 4.90 Å². The van der Waals surface area contributed by atoms with Gasteiger partial charge in [0, 0.05) is 44.2 Å². The Hall–Kier alpha value is -3.17. The first-order chi connectivity index (χ1) is 19.3. The number of anilines is 2. The first-order valence-corrected chi connectivity index (χ1v) is 14.6. The van der Waals surface area contributed by atoms with E-state index in [4.69, 9.17) is 9.47 Å². The Balaban J connectivity index is 1.57. The third kappa shape index (κ3) is 4.63. The Kier molecular flexibility index (Phi) is 8.06. The number of carbonyl (C=O) groups excluding carboxylic acids is 3. The lowest BCUT2D eigenvalue weighted by atomic mass is 9.74. The molecule has 0 radical (unpaired) electrons. The normalized spacial score (nSPS) is 32.7. The van der Waals surface area contributed by atoms with Crippen LogP contribution in [0.2, 0.25) is 0 Å². The summed E-state index contributed by atoms with van der Waals surface area (Å²) in [6.45, 7) is 8.44. The summed E-state index contributed by atoms with van der Waals surface area (Å²) >= 11 is 0. The summed E-state index contributed by atoms with van der Waals surface area (Å²) in [5.41, 5.74) is -0.648. The van der Waals surface area contributed by atoms with Crippen LogP contribution in [0.25, 0.3) is 0 Å². The van der Waals surface area contributed by atoms with E-state index in [1.807, 2.05) is 55.5 Å². The van der Waals surface area contributed by atoms with Crippen molar-refractivity contribution in [2.45, 2.75) is 63.7 Å². The number of hydrogen-bond acceptors (Lipinski definition) is 7. The second-order valence-corrected chi connectivity index (χ2v) is 11.2. The molecule has 1 aromatic rings. The summed E-state index contributed by atoms with van der Waals surface area (Å²) in [6, 6.07) is 6.90. The molecule has 1 aromatic carbocycles. The minimum Gasteiger partial charge on any atom is -0.465 e. The van der Waals surface area contributed by atoms with E-state index in [0.29, 0.717) is 13.0 Å². The van der Waals surface area contributed by atoms with Crippen LogP contribution >= 0.6 is 0 Å². The van der Waals surface area contributed by atoms with Gasteiger partial charge in [0.2, 0.25) is 5.91 Å². The Morgan fingerprint density at radius 1 is 1.00 bits per heavy atom. The largest absolute Gasteiger partial charge is 0.465 e. The highest BCUT2D eigenvalue weighted by atomic mass is 16.6. The average molecular weight is 552 g/mol. The van der Waals surface area contributed by atoms with Crippen molar-refractivity contribution in [3.63, 3.8) is 0 Å². The number of fused-ring (bicyclic) bond motifs is 2. The molecule has 0 aromatic heterocycles. The first-order valence-electron chi connectivity index (χ1n) is 14.6.